The van der Waals surface area contributed by atoms with Gasteiger partial charge in [0.1, 0.15) is 24.3 Å². The number of alkyl halides is 3. The Labute approximate surface area is 209 Å². The smallest absolute Gasteiger partial charge is 0.405 e. The topological polar surface area (TPSA) is 92.8 Å². The number of fused-ring (bicyclic) bond motifs is 1. The van der Waals surface area contributed by atoms with Crippen LogP contribution in [0.15, 0.2) is 54.9 Å². The molecule has 0 bridgehead atoms. The first-order chi connectivity index (χ1) is 17.7. The molecule has 7 nitrogen and oxygen atoms in total. The van der Waals surface area contributed by atoms with Crippen molar-refractivity contribution in [2.45, 2.75) is 38.0 Å². The number of pyridine rings is 2. The molecule has 3 aromatic heterocycles. The standard InChI is InChI=1S/C26H23F4N5O2/c27-18-5-9-21-22(11-18)35-24(34-21)17-3-8-20(31-13-17)16-4-10-23(32-12-16)37-19-6-1-15(2-7-19)25(36)33-14-26(28,29)30/h3-5,8-13,15,19H,1-2,6-7,14H2,(H,33,36)(H,34,35)/t15-,19+. The van der Waals surface area contributed by atoms with E-state index in [4.69, 9.17) is 4.74 Å². The molecule has 1 amide bonds. The van der Waals surface area contributed by atoms with E-state index in [9.17, 15) is 22.4 Å². The summed E-state index contributed by atoms with van der Waals surface area (Å²) in [6.07, 6.45) is 0.803. The van der Waals surface area contributed by atoms with E-state index in [0.717, 1.165) is 16.6 Å². The van der Waals surface area contributed by atoms with E-state index < -0.39 is 24.5 Å². The number of nitrogens with one attached hydrogen (secondary N) is 2. The predicted molar refractivity (Wildman–Crippen MR) is 128 cm³/mol. The van der Waals surface area contributed by atoms with E-state index in [1.54, 1.807) is 24.5 Å². The minimum atomic E-state index is -4.41. The number of benzene rings is 1. The Kier molecular flexibility index (Phi) is 6.77. The predicted octanol–water partition coefficient (Wildman–Crippen LogP) is 5.44. The van der Waals surface area contributed by atoms with Gasteiger partial charge in [-0.25, -0.2) is 14.4 Å². The van der Waals surface area contributed by atoms with Crippen molar-refractivity contribution in [1.29, 1.82) is 0 Å². The molecule has 0 spiro atoms. The van der Waals surface area contributed by atoms with Crippen molar-refractivity contribution in [2.24, 2.45) is 5.92 Å². The number of nitrogens with zero attached hydrogens (tertiary/aromatic N) is 3. The van der Waals surface area contributed by atoms with Crippen LogP contribution in [0.25, 0.3) is 33.7 Å². The third-order valence-corrected chi connectivity index (χ3v) is 6.31. The molecule has 1 fully saturated rings. The number of imidazole rings is 1. The summed E-state index contributed by atoms with van der Waals surface area (Å²) in [5, 5.41) is 1.96. The summed E-state index contributed by atoms with van der Waals surface area (Å²) in [6.45, 7) is -1.31. The average molecular weight is 513 g/mol. The Morgan fingerprint density at radius 3 is 2.43 bits per heavy atom. The second-order valence-electron chi connectivity index (χ2n) is 8.99. The van der Waals surface area contributed by atoms with Crippen LogP contribution in [0.5, 0.6) is 5.88 Å². The number of halogens is 4. The number of hydrogen-bond donors (Lipinski definition) is 2. The van der Waals surface area contributed by atoms with Crippen molar-refractivity contribution in [2.75, 3.05) is 6.54 Å². The molecule has 4 aromatic rings. The summed E-state index contributed by atoms with van der Waals surface area (Å²) >= 11 is 0. The van der Waals surface area contributed by atoms with E-state index >= 15 is 0 Å². The molecule has 192 valence electrons. The number of H-pyrrole nitrogens is 1. The van der Waals surface area contributed by atoms with Crippen molar-refractivity contribution in [1.82, 2.24) is 25.3 Å². The maximum atomic E-state index is 13.4. The first-order valence-corrected chi connectivity index (χ1v) is 11.8. The molecule has 0 radical (unpaired) electrons. The first-order valence-electron chi connectivity index (χ1n) is 11.8. The minimum absolute atomic E-state index is 0.153. The number of aromatic nitrogens is 4. The minimum Gasteiger partial charge on any atom is -0.474 e. The van der Waals surface area contributed by atoms with Crippen molar-refractivity contribution >= 4 is 16.9 Å². The second-order valence-corrected chi connectivity index (χ2v) is 8.99. The second kappa shape index (κ2) is 10.2. The summed E-state index contributed by atoms with van der Waals surface area (Å²) in [6, 6.07) is 11.7. The summed E-state index contributed by atoms with van der Waals surface area (Å²) < 4.78 is 56.2. The van der Waals surface area contributed by atoms with Crippen molar-refractivity contribution in [3.63, 3.8) is 0 Å². The molecule has 1 aliphatic carbocycles. The molecular weight excluding hydrogens is 490 g/mol. The van der Waals surface area contributed by atoms with Gasteiger partial charge in [0.05, 0.1) is 16.7 Å². The third-order valence-electron chi connectivity index (χ3n) is 6.31. The Balaban J connectivity index is 1.16. The van der Waals surface area contributed by atoms with Crippen LogP contribution in [0.4, 0.5) is 17.6 Å². The molecule has 11 heteroatoms. The van der Waals surface area contributed by atoms with E-state index in [1.165, 1.54) is 12.1 Å². The van der Waals surface area contributed by atoms with Crippen LogP contribution < -0.4 is 10.1 Å². The zero-order valence-corrected chi connectivity index (χ0v) is 19.6. The molecule has 1 saturated carbocycles. The summed E-state index contributed by atoms with van der Waals surface area (Å²) in [5.74, 6) is -0.328. The molecule has 37 heavy (non-hydrogen) atoms. The Morgan fingerprint density at radius 1 is 1.00 bits per heavy atom. The van der Waals surface area contributed by atoms with Gasteiger partial charge in [-0.15, -0.1) is 0 Å². The maximum absolute atomic E-state index is 13.4. The van der Waals surface area contributed by atoms with Crippen molar-refractivity contribution in [3.05, 3.63) is 60.7 Å². The van der Waals surface area contributed by atoms with Gasteiger partial charge in [0.2, 0.25) is 11.8 Å². The number of ether oxygens (including phenoxy) is 1. The first kappa shape index (κ1) is 24.7. The van der Waals surface area contributed by atoms with Crippen LogP contribution in [0.2, 0.25) is 0 Å². The van der Waals surface area contributed by atoms with Crippen LogP contribution >= 0.6 is 0 Å². The quantitative estimate of drug-likeness (QED) is 0.335. The molecule has 3 heterocycles. The van der Waals surface area contributed by atoms with Crippen molar-refractivity contribution < 1.29 is 27.1 Å². The van der Waals surface area contributed by atoms with Gasteiger partial charge in [0, 0.05) is 41.6 Å². The molecule has 0 atom stereocenters. The van der Waals surface area contributed by atoms with E-state index in [1.807, 2.05) is 23.5 Å². The van der Waals surface area contributed by atoms with Crippen LogP contribution in [0.1, 0.15) is 25.7 Å². The van der Waals surface area contributed by atoms with Crippen LogP contribution in [0, 0.1) is 11.7 Å². The van der Waals surface area contributed by atoms with E-state index in [-0.39, 0.29) is 11.9 Å². The fraction of sp³-hybridized carbons (Fsp3) is 0.308. The molecule has 0 saturated heterocycles. The van der Waals surface area contributed by atoms with Gasteiger partial charge in [-0.1, -0.05) is 0 Å². The lowest BCUT2D eigenvalue weighted by Gasteiger charge is -2.28. The fourth-order valence-corrected chi connectivity index (χ4v) is 4.37. The maximum Gasteiger partial charge on any atom is 0.405 e. The van der Waals surface area contributed by atoms with E-state index in [2.05, 4.69) is 19.9 Å². The zero-order chi connectivity index (χ0) is 26.0. The number of hydrogen-bond acceptors (Lipinski definition) is 5. The van der Waals surface area contributed by atoms with Crippen molar-refractivity contribution in [3.8, 4) is 28.5 Å². The summed E-state index contributed by atoms with van der Waals surface area (Å²) in [5.41, 5.74) is 3.53. The third kappa shape index (κ3) is 6.04. The lowest BCUT2D eigenvalue weighted by molar-refractivity contribution is -0.141. The largest absolute Gasteiger partial charge is 0.474 e. The number of rotatable bonds is 6. The van der Waals surface area contributed by atoms with Crippen LogP contribution in [0.3, 0.4) is 0 Å². The van der Waals surface area contributed by atoms with Gasteiger partial charge in [0.25, 0.3) is 0 Å². The highest BCUT2D eigenvalue weighted by Crippen LogP contribution is 2.29. The van der Waals surface area contributed by atoms with Crippen LogP contribution in [-0.2, 0) is 4.79 Å². The zero-order valence-electron chi connectivity index (χ0n) is 19.6. The Hall–Kier alpha value is -4.02. The molecular formula is C26H23F4N5O2. The van der Waals surface area contributed by atoms with Gasteiger partial charge in [0.15, 0.2) is 0 Å². The highest BCUT2D eigenvalue weighted by molar-refractivity contribution is 5.79. The summed E-state index contributed by atoms with van der Waals surface area (Å²) in [4.78, 5) is 28.4. The lowest BCUT2D eigenvalue weighted by Crippen LogP contribution is -2.39. The molecule has 1 aromatic carbocycles. The SMILES string of the molecule is O=C(NCC(F)(F)F)[C@H]1CC[C@@H](Oc2ccc(-c3ccc(-c4nc5cc(F)ccc5[nH]4)cn3)cn2)CC1. The Bertz CT molecular complexity index is 1380. The Morgan fingerprint density at radius 2 is 1.76 bits per heavy atom. The molecule has 2 N–H and O–H groups in total. The average Bonchev–Trinajstić information content (AvgIpc) is 3.31. The van der Waals surface area contributed by atoms with Gasteiger partial charge >= 0.3 is 6.18 Å². The number of aromatic amines is 1. The van der Waals surface area contributed by atoms with Gasteiger partial charge in [-0.05, 0) is 56.0 Å². The number of amides is 1. The van der Waals surface area contributed by atoms with E-state index in [0.29, 0.717) is 48.6 Å². The van der Waals surface area contributed by atoms with Crippen LogP contribution in [-0.4, -0.2) is 44.7 Å². The number of carbonyl (C=O) groups is 1. The van der Waals surface area contributed by atoms with Gasteiger partial charge in [-0.2, -0.15) is 13.2 Å². The van der Waals surface area contributed by atoms with Gasteiger partial charge < -0.3 is 15.0 Å². The highest BCUT2D eigenvalue weighted by Gasteiger charge is 2.32. The molecule has 0 aliphatic heterocycles. The number of carbonyl (C=O) groups excluding carboxylic acids is 1. The lowest BCUT2D eigenvalue weighted by atomic mass is 9.87. The fourth-order valence-electron chi connectivity index (χ4n) is 4.37. The monoisotopic (exact) mass is 513 g/mol. The van der Waals surface area contributed by atoms with Gasteiger partial charge in [-0.3, -0.25) is 9.78 Å². The highest BCUT2D eigenvalue weighted by atomic mass is 19.4. The molecule has 0 unspecified atom stereocenters. The summed E-state index contributed by atoms with van der Waals surface area (Å²) in [7, 11) is 0. The molecule has 5 rings (SSSR count). The normalized spacial score (nSPS) is 18.1. The molecule has 1 aliphatic rings.